The van der Waals surface area contributed by atoms with Crippen molar-refractivity contribution >= 4 is 22.6 Å². The van der Waals surface area contributed by atoms with Crippen molar-refractivity contribution in [2.45, 2.75) is 6.17 Å². The van der Waals surface area contributed by atoms with Crippen LogP contribution in [-0.4, -0.2) is 13.2 Å². The molecular formula is C16H14N2. The van der Waals surface area contributed by atoms with E-state index in [1.807, 2.05) is 0 Å². The summed E-state index contributed by atoms with van der Waals surface area (Å²) in [6, 6.07) is 17.0. The molecule has 2 aliphatic rings. The normalized spacial score (nSPS) is 19.8. The van der Waals surface area contributed by atoms with Crippen LogP contribution in [0.25, 0.3) is 5.57 Å². The number of fused-ring (bicyclic) bond motifs is 5. The molecule has 2 aliphatic heterocycles. The lowest BCUT2D eigenvalue weighted by Gasteiger charge is -2.24. The molecule has 1 atom stereocenters. The fourth-order valence-electron chi connectivity index (χ4n) is 3.15. The molecule has 18 heavy (non-hydrogen) atoms. The Morgan fingerprint density at radius 2 is 1.50 bits per heavy atom. The van der Waals surface area contributed by atoms with Crippen LogP contribution in [0.2, 0.25) is 0 Å². The molecular weight excluding hydrogens is 220 g/mol. The predicted octanol–water partition coefficient (Wildman–Crippen LogP) is 3.63. The Balaban J connectivity index is 2.01. The van der Waals surface area contributed by atoms with Crippen LogP contribution in [0.1, 0.15) is 5.56 Å². The highest BCUT2D eigenvalue weighted by molar-refractivity contribution is 5.99. The lowest BCUT2D eigenvalue weighted by Crippen LogP contribution is -2.35. The van der Waals surface area contributed by atoms with Crippen LogP contribution < -0.4 is 9.80 Å². The summed E-state index contributed by atoms with van der Waals surface area (Å²) in [7, 11) is 2.14. The largest absolute Gasteiger partial charge is 0.349 e. The number of hydrogen-bond acceptors (Lipinski definition) is 2. The second kappa shape index (κ2) is 3.16. The summed E-state index contributed by atoms with van der Waals surface area (Å²) in [6.07, 6.45) is 0.236. The van der Waals surface area contributed by atoms with E-state index in [0.29, 0.717) is 0 Å². The fourth-order valence-corrected chi connectivity index (χ4v) is 3.15. The SMILES string of the molecule is C=C1c2ccccc2N2c3ccccc3N(C)[C@@H]12. The zero-order valence-electron chi connectivity index (χ0n) is 10.3. The Bertz CT molecular complexity index is 660. The molecule has 0 unspecified atom stereocenters. The molecule has 0 aromatic heterocycles. The fraction of sp³-hybridized carbons (Fsp3) is 0.125. The average molecular weight is 234 g/mol. The minimum Gasteiger partial charge on any atom is -0.349 e. The van der Waals surface area contributed by atoms with E-state index < -0.39 is 0 Å². The highest BCUT2D eigenvalue weighted by Gasteiger charge is 2.42. The molecule has 2 heterocycles. The molecule has 2 nitrogen and oxygen atoms in total. The van der Waals surface area contributed by atoms with E-state index in [2.05, 4.69) is 72.0 Å². The van der Waals surface area contributed by atoms with Gasteiger partial charge in [0, 0.05) is 12.6 Å². The van der Waals surface area contributed by atoms with Gasteiger partial charge in [0.2, 0.25) is 0 Å². The van der Waals surface area contributed by atoms with Crippen LogP contribution in [0.15, 0.2) is 55.1 Å². The number of nitrogens with zero attached hydrogens (tertiary/aromatic N) is 2. The van der Waals surface area contributed by atoms with Gasteiger partial charge in [0.15, 0.2) is 0 Å². The molecule has 0 bridgehead atoms. The van der Waals surface area contributed by atoms with Gasteiger partial charge in [-0.3, -0.25) is 0 Å². The zero-order valence-corrected chi connectivity index (χ0v) is 10.3. The number of anilines is 3. The van der Waals surface area contributed by atoms with Gasteiger partial charge in [-0.1, -0.05) is 36.9 Å². The maximum atomic E-state index is 4.29. The topological polar surface area (TPSA) is 6.48 Å². The van der Waals surface area contributed by atoms with Crippen LogP contribution >= 0.6 is 0 Å². The minimum atomic E-state index is 0.236. The van der Waals surface area contributed by atoms with Crippen molar-refractivity contribution in [1.82, 2.24) is 0 Å². The van der Waals surface area contributed by atoms with E-state index in [4.69, 9.17) is 0 Å². The van der Waals surface area contributed by atoms with Crippen molar-refractivity contribution in [3.8, 4) is 0 Å². The zero-order chi connectivity index (χ0) is 12.3. The number of hydrogen-bond donors (Lipinski definition) is 0. The number of benzene rings is 2. The summed E-state index contributed by atoms with van der Waals surface area (Å²) < 4.78 is 0. The number of rotatable bonds is 0. The van der Waals surface area contributed by atoms with Gasteiger partial charge in [0.05, 0.1) is 17.1 Å². The molecule has 4 rings (SSSR count). The smallest absolute Gasteiger partial charge is 0.132 e. The van der Waals surface area contributed by atoms with Crippen molar-refractivity contribution in [3.63, 3.8) is 0 Å². The second-order valence-electron chi connectivity index (χ2n) is 4.89. The van der Waals surface area contributed by atoms with Gasteiger partial charge in [-0.15, -0.1) is 0 Å². The monoisotopic (exact) mass is 234 g/mol. The molecule has 2 heteroatoms. The first-order valence-electron chi connectivity index (χ1n) is 6.18. The maximum absolute atomic E-state index is 4.29. The summed E-state index contributed by atoms with van der Waals surface area (Å²) in [5.74, 6) is 0. The van der Waals surface area contributed by atoms with Gasteiger partial charge in [0.25, 0.3) is 0 Å². The Kier molecular flexibility index (Phi) is 1.72. The molecule has 0 saturated heterocycles. The van der Waals surface area contributed by atoms with E-state index in [-0.39, 0.29) is 6.17 Å². The Hall–Kier alpha value is -2.22. The first-order valence-corrected chi connectivity index (χ1v) is 6.18. The van der Waals surface area contributed by atoms with Crippen molar-refractivity contribution in [2.24, 2.45) is 0 Å². The van der Waals surface area contributed by atoms with Gasteiger partial charge in [0.1, 0.15) is 6.17 Å². The van der Waals surface area contributed by atoms with Crippen LogP contribution in [0.3, 0.4) is 0 Å². The molecule has 2 aromatic rings. The number of para-hydroxylation sites is 3. The molecule has 2 aromatic carbocycles. The lowest BCUT2D eigenvalue weighted by molar-refractivity contribution is 0.844. The molecule has 88 valence electrons. The third-order valence-corrected chi connectivity index (χ3v) is 3.95. The van der Waals surface area contributed by atoms with Crippen LogP contribution in [0, 0.1) is 0 Å². The molecule has 0 radical (unpaired) electrons. The average Bonchev–Trinajstić information content (AvgIpc) is 2.87. The molecule has 0 aliphatic carbocycles. The van der Waals surface area contributed by atoms with Crippen LogP contribution in [0.5, 0.6) is 0 Å². The predicted molar refractivity (Wildman–Crippen MR) is 76.2 cm³/mol. The first-order chi connectivity index (χ1) is 8.79. The lowest BCUT2D eigenvalue weighted by atomic mass is 10.1. The molecule has 0 amide bonds. The molecule has 0 saturated carbocycles. The summed E-state index contributed by atoms with van der Waals surface area (Å²) in [5.41, 5.74) is 6.27. The summed E-state index contributed by atoms with van der Waals surface area (Å²) in [4.78, 5) is 4.69. The third kappa shape index (κ3) is 0.986. The summed E-state index contributed by atoms with van der Waals surface area (Å²) in [6.45, 7) is 4.29. The quantitative estimate of drug-likeness (QED) is 0.687. The van der Waals surface area contributed by atoms with Crippen LogP contribution in [-0.2, 0) is 0 Å². The Morgan fingerprint density at radius 3 is 2.28 bits per heavy atom. The van der Waals surface area contributed by atoms with Crippen molar-refractivity contribution < 1.29 is 0 Å². The van der Waals surface area contributed by atoms with E-state index >= 15 is 0 Å². The van der Waals surface area contributed by atoms with Gasteiger partial charge < -0.3 is 9.80 Å². The van der Waals surface area contributed by atoms with Gasteiger partial charge in [-0.2, -0.15) is 0 Å². The van der Waals surface area contributed by atoms with Crippen molar-refractivity contribution in [1.29, 1.82) is 0 Å². The Morgan fingerprint density at radius 1 is 0.889 bits per heavy atom. The highest BCUT2D eigenvalue weighted by atomic mass is 15.4. The van der Waals surface area contributed by atoms with Gasteiger partial charge in [-0.05, 0) is 23.8 Å². The minimum absolute atomic E-state index is 0.236. The summed E-state index contributed by atoms with van der Waals surface area (Å²) in [5, 5.41) is 0. The van der Waals surface area contributed by atoms with Crippen LogP contribution in [0.4, 0.5) is 17.1 Å². The molecule has 0 fully saturated rings. The highest BCUT2D eigenvalue weighted by Crippen LogP contribution is 2.52. The third-order valence-electron chi connectivity index (χ3n) is 3.95. The van der Waals surface area contributed by atoms with Gasteiger partial charge in [-0.25, -0.2) is 0 Å². The van der Waals surface area contributed by atoms with E-state index in [9.17, 15) is 0 Å². The number of likely N-dealkylation sites (N-methyl/N-ethyl adjacent to an activating group) is 1. The van der Waals surface area contributed by atoms with E-state index in [1.165, 1.54) is 28.2 Å². The molecule has 0 N–H and O–H groups in total. The standard InChI is InChI=1S/C16H14N2/c1-11-12-7-3-4-8-13(12)18-15-10-6-5-9-14(15)17(2)16(11)18/h3-10,16H,1H2,2H3/t16-/m1/s1. The maximum Gasteiger partial charge on any atom is 0.132 e. The van der Waals surface area contributed by atoms with Gasteiger partial charge >= 0.3 is 0 Å². The van der Waals surface area contributed by atoms with E-state index in [1.54, 1.807) is 0 Å². The molecule has 0 spiro atoms. The first kappa shape index (κ1) is 9.77. The van der Waals surface area contributed by atoms with Crippen molar-refractivity contribution in [3.05, 3.63) is 60.7 Å². The van der Waals surface area contributed by atoms with E-state index in [0.717, 1.165) is 0 Å². The second-order valence-corrected chi connectivity index (χ2v) is 4.89. The van der Waals surface area contributed by atoms with Crippen molar-refractivity contribution in [2.75, 3.05) is 16.8 Å². The summed E-state index contributed by atoms with van der Waals surface area (Å²) >= 11 is 0. The Labute approximate surface area is 107 Å².